The van der Waals surface area contributed by atoms with Crippen molar-refractivity contribution in [2.45, 2.75) is 19.4 Å². The molecule has 6 heteroatoms. The van der Waals surface area contributed by atoms with Crippen molar-refractivity contribution in [2.24, 2.45) is 0 Å². The first-order chi connectivity index (χ1) is 13.4. The summed E-state index contributed by atoms with van der Waals surface area (Å²) in [5.74, 6) is -1.39. The lowest BCUT2D eigenvalue weighted by Gasteiger charge is -2.25. The van der Waals surface area contributed by atoms with E-state index in [2.05, 4.69) is 4.98 Å². The van der Waals surface area contributed by atoms with Crippen LogP contribution in [0.15, 0.2) is 54.4 Å². The van der Waals surface area contributed by atoms with E-state index >= 15 is 0 Å². The molecule has 1 aromatic carbocycles. The van der Waals surface area contributed by atoms with Gasteiger partial charge in [-0.3, -0.25) is 14.6 Å². The van der Waals surface area contributed by atoms with E-state index in [1.807, 2.05) is 44.1 Å². The molecule has 0 unspecified atom stereocenters. The monoisotopic (exact) mass is 379 g/mol. The van der Waals surface area contributed by atoms with Crippen molar-refractivity contribution in [2.75, 3.05) is 27.2 Å². The number of likely N-dealkylation sites (tertiary alicyclic amines) is 1. The number of amides is 1. The number of aromatic nitrogens is 1. The van der Waals surface area contributed by atoms with Crippen LogP contribution in [0.3, 0.4) is 0 Å². The highest BCUT2D eigenvalue weighted by molar-refractivity contribution is 6.46. The third-order valence-corrected chi connectivity index (χ3v) is 4.87. The molecule has 2 heterocycles. The Bertz CT molecular complexity index is 889. The maximum atomic E-state index is 12.8. The number of hydrogen-bond acceptors (Lipinski definition) is 5. The molecule has 0 aliphatic carbocycles. The first-order valence-corrected chi connectivity index (χ1v) is 9.30. The van der Waals surface area contributed by atoms with Gasteiger partial charge >= 0.3 is 0 Å². The smallest absolute Gasteiger partial charge is 0.295 e. The molecular weight excluding hydrogens is 354 g/mol. The molecule has 146 valence electrons. The summed E-state index contributed by atoms with van der Waals surface area (Å²) in [4.78, 5) is 33.3. The van der Waals surface area contributed by atoms with Gasteiger partial charge < -0.3 is 14.9 Å². The average Bonchev–Trinajstić information content (AvgIpc) is 2.93. The van der Waals surface area contributed by atoms with Crippen molar-refractivity contribution in [3.05, 3.63) is 71.1 Å². The van der Waals surface area contributed by atoms with E-state index in [0.29, 0.717) is 17.7 Å². The number of aliphatic hydroxyl groups excluding tert-OH is 1. The molecule has 1 atom stereocenters. The molecule has 2 aromatic rings. The summed E-state index contributed by atoms with van der Waals surface area (Å²) in [6, 6.07) is 10.2. The summed E-state index contributed by atoms with van der Waals surface area (Å²) in [5.41, 5.74) is 2.39. The number of benzene rings is 1. The van der Waals surface area contributed by atoms with E-state index in [4.69, 9.17) is 0 Å². The van der Waals surface area contributed by atoms with Crippen molar-refractivity contribution in [1.29, 1.82) is 0 Å². The Labute approximate surface area is 165 Å². The number of pyridine rings is 1. The molecule has 28 heavy (non-hydrogen) atoms. The summed E-state index contributed by atoms with van der Waals surface area (Å²) in [5, 5.41) is 10.9. The number of aryl methyl sites for hydroxylation is 1. The zero-order chi connectivity index (χ0) is 20.3. The predicted molar refractivity (Wildman–Crippen MR) is 108 cm³/mol. The van der Waals surface area contributed by atoms with Crippen LogP contribution in [0, 0.1) is 6.92 Å². The van der Waals surface area contributed by atoms with Crippen molar-refractivity contribution >= 4 is 17.4 Å². The van der Waals surface area contributed by atoms with Gasteiger partial charge in [0.15, 0.2) is 0 Å². The summed E-state index contributed by atoms with van der Waals surface area (Å²) in [7, 11) is 3.92. The molecule has 0 spiro atoms. The average molecular weight is 379 g/mol. The summed E-state index contributed by atoms with van der Waals surface area (Å²) in [6.45, 7) is 3.16. The van der Waals surface area contributed by atoms with Crippen LogP contribution in [0.5, 0.6) is 0 Å². The number of nitrogens with zero attached hydrogens (tertiary/aromatic N) is 3. The van der Waals surface area contributed by atoms with Gasteiger partial charge in [-0.05, 0) is 45.6 Å². The first kappa shape index (κ1) is 19.8. The molecule has 1 amide bonds. The van der Waals surface area contributed by atoms with E-state index in [1.54, 1.807) is 35.5 Å². The molecular formula is C22H25N3O3. The minimum absolute atomic E-state index is 0.117. The third kappa shape index (κ3) is 3.97. The Morgan fingerprint density at radius 1 is 1.18 bits per heavy atom. The Hall–Kier alpha value is -2.99. The second-order valence-corrected chi connectivity index (χ2v) is 7.30. The number of hydrogen-bond donors (Lipinski definition) is 1. The molecule has 0 radical (unpaired) electrons. The third-order valence-electron chi connectivity index (χ3n) is 4.87. The Balaban J connectivity index is 2.06. The Kier molecular flexibility index (Phi) is 5.90. The fraction of sp³-hybridized carbons (Fsp3) is 0.318. The van der Waals surface area contributed by atoms with Gasteiger partial charge in [-0.25, -0.2) is 0 Å². The van der Waals surface area contributed by atoms with Crippen LogP contribution in [0.25, 0.3) is 5.76 Å². The van der Waals surface area contributed by atoms with Crippen molar-refractivity contribution in [3.63, 3.8) is 0 Å². The van der Waals surface area contributed by atoms with Gasteiger partial charge in [0, 0.05) is 24.5 Å². The van der Waals surface area contributed by atoms with Crippen LogP contribution in [0.4, 0.5) is 0 Å². The number of carbonyl (C=O) groups excluding carboxylic acids is 2. The lowest BCUT2D eigenvalue weighted by molar-refractivity contribution is -0.139. The maximum absolute atomic E-state index is 12.8. The fourth-order valence-electron chi connectivity index (χ4n) is 3.42. The SMILES string of the molecule is Cc1ccc(C(O)=C2C(=O)C(=O)N(CCCN(C)C)[C@H]2c2cccnc2)cc1. The molecule has 1 aliphatic heterocycles. The van der Waals surface area contributed by atoms with Gasteiger partial charge in [-0.15, -0.1) is 0 Å². The van der Waals surface area contributed by atoms with Crippen molar-refractivity contribution in [1.82, 2.24) is 14.8 Å². The molecule has 1 N–H and O–H groups in total. The summed E-state index contributed by atoms with van der Waals surface area (Å²) in [6.07, 6.45) is 4.00. The largest absolute Gasteiger partial charge is 0.507 e. The van der Waals surface area contributed by atoms with Crippen LogP contribution < -0.4 is 0 Å². The van der Waals surface area contributed by atoms with E-state index in [9.17, 15) is 14.7 Å². The number of rotatable bonds is 6. The van der Waals surface area contributed by atoms with Crippen LogP contribution in [0.2, 0.25) is 0 Å². The number of aliphatic hydroxyl groups is 1. The standard InChI is InChI=1S/C22H25N3O3/c1-15-7-9-16(10-8-15)20(26)18-19(17-6-4-11-23-14-17)25(22(28)21(18)27)13-5-12-24(2)3/h4,6-11,14,19,26H,5,12-13H2,1-3H3/t19-/m0/s1. The van der Waals surface area contributed by atoms with E-state index in [1.165, 1.54) is 0 Å². The molecule has 1 aromatic heterocycles. The van der Waals surface area contributed by atoms with Crippen LogP contribution in [-0.2, 0) is 9.59 Å². The molecule has 6 nitrogen and oxygen atoms in total. The molecule has 1 saturated heterocycles. The zero-order valence-electron chi connectivity index (χ0n) is 16.4. The number of ketones is 1. The second-order valence-electron chi connectivity index (χ2n) is 7.30. The normalized spacial score (nSPS) is 18.9. The minimum atomic E-state index is -0.656. The number of carbonyl (C=O) groups is 2. The van der Waals surface area contributed by atoms with Gasteiger partial charge in [-0.2, -0.15) is 0 Å². The highest BCUT2D eigenvalue weighted by Crippen LogP contribution is 2.39. The summed E-state index contributed by atoms with van der Waals surface area (Å²) < 4.78 is 0. The van der Waals surface area contributed by atoms with Crippen molar-refractivity contribution in [3.8, 4) is 0 Å². The molecule has 0 bridgehead atoms. The maximum Gasteiger partial charge on any atom is 0.295 e. The van der Waals surface area contributed by atoms with Gasteiger partial charge in [0.25, 0.3) is 11.7 Å². The zero-order valence-corrected chi connectivity index (χ0v) is 16.4. The molecule has 3 rings (SSSR count). The predicted octanol–water partition coefficient (Wildman–Crippen LogP) is 2.76. The van der Waals surface area contributed by atoms with E-state index in [-0.39, 0.29) is 11.3 Å². The van der Waals surface area contributed by atoms with Gasteiger partial charge in [0.1, 0.15) is 5.76 Å². The lowest BCUT2D eigenvalue weighted by atomic mass is 9.96. The van der Waals surface area contributed by atoms with Gasteiger partial charge in [0.2, 0.25) is 0 Å². The van der Waals surface area contributed by atoms with Gasteiger partial charge in [-0.1, -0.05) is 35.9 Å². The highest BCUT2D eigenvalue weighted by atomic mass is 16.3. The quantitative estimate of drug-likeness (QED) is 0.475. The van der Waals surface area contributed by atoms with Crippen LogP contribution >= 0.6 is 0 Å². The lowest BCUT2D eigenvalue weighted by Crippen LogP contribution is -2.32. The second kappa shape index (κ2) is 8.35. The fourth-order valence-corrected chi connectivity index (χ4v) is 3.42. The van der Waals surface area contributed by atoms with E-state index in [0.717, 1.165) is 18.5 Å². The minimum Gasteiger partial charge on any atom is -0.507 e. The van der Waals surface area contributed by atoms with Crippen molar-refractivity contribution < 1.29 is 14.7 Å². The Morgan fingerprint density at radius 3 is 2.50 bits per heavy atom. The van der Waals surface area contributed by atoms with E-state index < -0.39 is 17.7 Å². The van der Waals surface area contributed by atoms with Crippen LogP contribution in [-0.4, -0.2) is 58.8 Å². The molecule has 1 fully saturated rings. The van der Waals surface area contributed by atoms with Crippen LogP contribution in [0.1, 0.15) is 29.2 Å². The topological polar surface area (TPSA) is 73.7 Å². The Morgan fingerprint density at radius 2 is 1.89 bits per heavy atom. The van der Waals surface area contributed by atoms with Gasteiger partial charge in [0.05, 0.1) is 11.6 Å². The number of Topliss-reactive ketones (excluding diaryl/α,β-unsaturated/α-hetero) is 1. The highest BCUT2D eigenvalue weighted by Gasteiger charge is 2.45. The molecule has 0 saturated carbocycles. The molecule has 1 aliphatic rings. The first-order valence-electron chi connectivity index (χ1n) is 9.30. The summed E-state index contributed by atoms with van der Waals surface area (Å²) >= 11 is 0.